The van der Waals surface area contributed by atoms with Crippen molar-refractivity contribution < 1.29 is 9.52 Å². The van der Waals surface area contributed by atoms with E-state index >= 15 is 0 Å². The Morgan fingerprint density at radius 3 is 2.39 bits per heavy atom. The Bertz CT molecular complexity index is 1160. The molecular formula is C24H21ClO3. The van der Waals surface area contributed by atoms with Crippen LogP contribution in [-0.2, 0) is 12.3 Å². The zero-order valence-electron chi connectivity index (χ0n) is 15.4. The predicted octanol–water partition coefficient (Wildman–Crippen LogP) is 5.74. The summed E-state index contributed by atoms with van der Waals surface area (Å²) in [6, 6.07) is 19.6. The first-order valence-electron chi connectivity index (χ1n) is 9.43. The van der Waals surface area contributed by atoms with Crippen LogP contribution in [0.4, 0.5) is 0 Å². The molecule has 0 saturated heterocycles. The molecular weight excluding hydrogens is 372 g/mol. The lowest BCUT2D eigenvalue weighted by molar-refractivity contribution is 0.158. The number of rotatable bonds is 1. The zero-order chi connectivity index (χ0) is 19.5. The molecule has 0 amide bonds. The average Bonchev–Trinajstić information content (AvgIpc) is 2.74. The maximum Gasteiger partial charge on any atom is 0.335 e. The van der Waals surface area contributed by atoms with E-state index in [2.05, 4.69) is 46.9 Å². The summed E-state index contributed by atoms with van der Waals surface area (Å²) in [6.45, 7) is 0. The van der Waals surface area contributed by atoms with E-state index in [9.17, 15) is 9.90 Å². The smallest absolute Gasteiger partial charge is 0.335 e. The number of halogens is 1. The third-order valence-electron chi connectivity index (χ3n) is 5.27. The molecule has 1 unspecified atom stereocenters. The van der Waals surface area contributed by atoms with Gasteiger partial charge in [-0.25, -0.2) is 4.79 Å². The van der Waals surface area contributed by atoms with E-state index in [0.717, 1.165) is 30.4 Å². The van der Waals surface area contributed by atoms with Crippen LogP contribution in [0.15, 0.2) is 76.1 Å². The summed E-state index contributed by atoms with van der Waals surface area (Å²) in [5, 5.41) is 15.3. The summed E-state index contributed by atoms with van der Waals surface area (Å²) in [4.78, 5) is 10.1. The summed E-state index contributed by atoms with van der Waals surface area (Å²) >= 11 is 6.16. The Hall–Kier alpha value is -2.62. The molecule has 1 atom stereocenters. The fourth-order valence-corrected chi connectivity index (χ4v) is 4.22. The van der Waals surface area contributed by atoms with Crippen LogP contribution in [0.5, 0.6) is 0 Å². The van der Waals surface area contributed by atoms with Gasteiger partial charge in [-0.1, -0.05) is 42.5 Å². The molecule has 0 spiro atoms. The molecule has 5 rings (SSSR count). The van der Waals surface area contributed by atoms with Gasteiger partial charge in [0.25, 0.3) is 0 Å². The van der Waals surface area contributed by atoms with Crippen LogP contribution in [0, 0.1) is 0 Å². The van der Waals surface area contributed by atoms with Crippen molar-refractivity contribution in [3.8, 4) is 0 Å². The highest BCUT2D eigenvalue weighted by Crippen LogP contribution is 2.39. The highest BCUT2D eigenvalue weighted by molar-refractivity contribution is 6.19. The van der Waals surface area contributed by atoms with Crippen molar-refractivity contribution in [1.29, 1.82) is 0 Å². The molecule has 4 heteroatoms. The van der Waals surface area contributed by atoms with Gasteiger partial charge in [-0.05, 0) is 69.6 Å². The van der Waals surface area contributed by atoms with Crippen LogP contribution in [0.1, 0.15) is 35.6 Å². The first kappa shape index (κ1) is 18.7. The first-order valence-corrected chi connectivity index (χ1v) is 9.96. The minimum absolute atomic E-state index is 0.303. The van der Waals surface area contributed by atoms with Crippen LogP contribution < -0.4 is 5.63 Å². The normalized spacial score (nSPS) is 15.7. The fourth-order valence-electron chi connectivity index (χ4n) is 4.00. The summed E-state index contributed by atoms with van der Waals surface area (Å²) in [5.74, 6) is 0.496. The number of aryl methyl sites for hydroxylation is 1. The number of alkyl halides is 1. The van der Waals surface area contributed by atoms with Crippen LogP contribution in [0.3, 0.4) is 0 Å². The lowest BCUT2D eigenvalue weighted by Gasteiger charge is -2.24. The number of aliphatic hydroxyl groups excluding tert-OH is 1. The summed E-state index contributed by atoms with van der Waals surface area (Å²) in [6.07, 6.45) is 3.99. The molecule has 0 bridgehead atoms. The van der Waals surface area contributed by atoms with Crippen molar-refractivity contribution in [2.24, 2.45) is 0 Å². The number of fused-ring (bicyclic) bond motifs is 5. The second kappa shape index (κ2) is 8.17. The Balaban J connectivity index is 0.000000233. The van der Waals surface area contributed by atoms with E-state index in [4.69, 9.17) is 11.6 Å². The average molecular weight is 393 g/mol. The van der Waals surface area contributed by atoms with Gasteiger partial charge in [-0.3, -0.25) is 0 Å². The minimum Gasteiger partial charge on any atom is -0.431 e. The van der Waals surface area contributed by atoms with Crippen LogP contribution in [0.2, 0.25) is 0 Å². The van der Waals surface area contributed by atoms with Gasteiger partial charge < -0.3 is 9.52 Å². The van der Waals surface area contributed by atoms with Crippen molar-refractivity contribution in [3.63, 3.8) is 0 Å². The maximum atomic E-state index is 10.5. The monoisotopic (exact) mass is 392 g/mol. The first-order chi connectivity index (χ1) is 13.7. The summed E-state index contributed by atoms with van der Waals surface area (Å²) in [5.41, 5.74) is 3.25. The fraction of sp³-hybridized carbons (Fsp3) is 0.208. The van der Waals surface area contributed by atoms with Crippen molar-refractivity contribution in [3.05, 3.63) is 94.0 Å². The van der Waals surface area contributed by atoms with E-state index in [1.165, 1.54) is 39.4 Å². The highest BCUT2D eigenvalue weighted by atomic mass is 35.5. The van der Waals surface area contributed by atoms with Gasteiger partial charge >= 0.3 is 5.63 Å². The van der Waals surface area contributed by atoms with Gasteiger partial charge in [-0.15, -0.1) is 11.6 Å². The van der Waals surface area contributed by atoms with Crippen LogP contribution in [0.25, 0.3) is 21.5 Å². The molecule has 0 saturated carbocycles. The molecule has 0 fully saturated rings. The molecule has 4 aromatic rings. The van der Waals surface area contributed by atoms with Gasteiger partial charge in [0.05, 0.1) is 12.4 Å². The third kappa shape index (κ3) is 3.56. The molecule has 1 aliphatic carbocycles. The van der Waals surface area contributed by atoms with Crippen molar-refractivity contribution in [2.75, 3.05) is 0 Å². The van der Waals surface area contributed by atoms with Crippen molar-refractivity contribution in [1.82, 2.24) is 0 Å². The van der Waals surface area contributed by atoms with Gasteiger partial charge in [-0.2, -0.15) is 0 Å². The second-order valence-electron chi connectivity index (χ2n) is 6.98. The molecule has 0 aliphatic heterocycles. The van der Waals surface area contributed by atoms with E-state index in [-0.39, 0.29) is 11.7 Å². The van der Waals surface area contributed by atoms with E-state index in [0.29, 0.717) is 5.88 Å². The molecule has 3 nitrogen and oxygen atoms in total. The van der Waals surface area contributed by atoms with E-state index < -0.39 is 0 Å². The molecule has 1 aliphatic rings. The molecule has 1 heterocycles. The van der Waals surface area contributed by atoms with Gasteiger partial charge in [0.1, 0.15) is 0 Å². The number of hydrogen-bond donors (Lipinski definition) is 1. The van der Waals surface area contributed by atoms with Crippen LogP contribution in [-0.4, -0.2) is 5.11 Å². The van der Waals surface area contributed by atoms with E-state index in [1.807, 2.05) is 0 Å². The number of hydrogen-bond acceptors (Lipinski definition) is 3. The van der Waals surface area contributed by atoms with Crippen molar-refractivity contribution in [2.45, 2.75) is 31.2 Å². The topological polar surface area (TPSA) is 50.4 Å². The van der Waals surface area contributed by atoms with Gasteiger partial charge in [0, 0.05) is 11.9 Å². The Morgan fingerprint density at radius 1 is 0.964 bits per heavy atom. The molecule has 142 valence electrons. The third-order valence-corrected chi connectivity index (χ3v) is 5.55. The van der Waals surface area contributed by atoms with Crippen molar-refractivity contribution >= 4 is 33.1 Å². The van der Waals surface area contributed by atoms with Crippen LogP contribution >= 0.6 is 11.6 Å². The molecule has 28 heavy (non-hydrogen) atoms. The summed E-state index contributed by atoms with van der Waals surface area (Å²) in [7, 11) is 0. The lowest BCUT2D eigenvalue weighted by Crippen LogP contribution is -2.10. The Morgan fingerprint density at radius 2 is 1.71 bits per heavy atom. The van der Waals surface area contributed by atoms with Gasteiger partial charge in [0.15, 0.2) is 0 Å². The van der Waals surface area contributed by atoms with Gasteiger partial charge in [0.2, 0.25) is 0 Å². The minimum atomic E-state index is -0.346. The number of benzene rings is 3. The number of aliphatic hydroxyl groups is 1. The lowest BCUT2D eigenvalue weighted by atomic mass is 9.84. The second-order valence-corrected chi connectivity index (χ2v) is 7.25. The molecule has 0 radical (unpaired) electrons. The quantitative estimate of drug-likeness (QED) is 0.332. The molecule has 1 N–H and O–H groups in total. The van der Waals surface area contributed by atoms with E-state index in [1.54, 1.807) is 12.1 Å². The maximum absolute atomic E-state index is 10.5. The summed E-state index contributed by atoms with van der Waals surface area (Å²) < 4.78 is 4.37. The SMILES string of the molecule is O=c1cccco1.OC1CCCc2ccc3c(cc(CCl)c4ccccc43)c21. The predicted molar refractivity (Wildman–Crippen MR) is 114 cm³/mol. The standard InChI is InChI=1S/C19H17ClO.C5H4O2/c20-11-13-10-17-16(15-6-2-1-5-14(13)15)9-8-12-4-3-7-18(21)19(12)17;6-5-3-1-2-4-7-5/h1-2,5-6,8-10,18,21H,3-4,7,11H2;1-4H. The molecule has 1 aromatic heterocycles. The highest BCUT2D eigenvalue weighted by Gasteiger charge is 2.21. The zero-order valence-corrected chi connectivity index (χ0v) is 16.2. The Kier molecular flexibility index (Phi) is 5.47. The molecule has 3 aromatic carbocycles. The Labute approximate surface area is 168 Å². The largest absolute Gasteiger partial charge is 0.431 e.